The summed E-state index contributed by atoms with van der Waals surface area (Å²) in [7, 11) is 3.02. The summed E-state index contributed by atoms with van der Waals surface area (Å²) in [6.07, 6.45) is 0.421. The molecule has 0 aromatic heterocycles. The molecule has 9 heteroatoms. The average molecular weight is 364 g/mol. The van der Waals surface area contributed by atoms with Gasteiger partial charge in [0.25, 0.3) is 0 Å². The van der Waals surface area contributed by atoms with Crippen LogP contribution in [0, 0.1) is 5.82 Å². The molecule has 8 nitrogen and oxygen atoms in total. The van der Waals surface area contributed by atoms with E-state index in [0.29, 0.717) is 12.1 Å². The molecule has 26 heavy (non-hydrogen) atoms. The van der Waals surface area contributed by atoms with Crippen molar-refractivity contribution in [2.75, 3.05) is 39.0 Å². The molecule has 0 aliphatic carbocycles. The van der Waals surface area contributed by atoms with E-state index in [9.17, 15) is 23.6 Å². The molecule has 1 heterocycles. The lowest BCUT2D eigenvalue weighted by Gasteiger charge is -2.18. The third kappa shape index (κ3) is 5.01. The minimum atomic E-state index is -0.469. The van der Waals surface area contributed by atoms with Crippen LogP contribution in [0.25, 0.3) is 0 Å². The molecule has 1 aromatic rings. The summed E-state index contributed by atoms with van der Waals surface area (Å²) in [5, 5.41) is 2.51. The first-order valence-corrected chi connectivity index (χ1v) is 8.13. The second-order valence-corrected chi connectivity index (χ2v) is 6.10. The first kappa shape index (κ1) is 19.4. The number of halogens is 1. The van der Waals surface area contributed by atoms with Gasteiger partial charge < -0.3 is 15.1 Å². The molecule has 0 unspecified atom stereocenters. The summed E-state index contributed by atoms with van der Waals surface area (Å²) in [5.74, 6) is -1.48. The third-order valence-electron chi connectivity index (χ3n) is 3.92. The molecule has 0 atom stereocenters. The van der Waals surface area contributed by atoms with Gasteiger partial charge in [-0.2, -0.15) is 0 Å². The number of amides is 5. The maximum atomic E-state index is 13.1. The number of urea groups is 1. The molecule has 1 fully saturated rings. The van der Waals surface area contributed by atoms with Gasteiger partial charge in [-0.3, -0.25) is 19.3 Å². The number of likely N-dealkylation sites (N-methyl/N-ethyl adjacent to an activating group) is 2. The fourth-order valence-electron chi connectivity index (χ4n) is 2.54. The molecule has 140 valence electrons. The van der Waals surface area contributed by atoms with Crippen LogP contribution in [0.15, 0.2) is 24.3 Å². The Morgan fingerprint density at radius 3 is 2.65 bits per heavy atom. The second-order valence-electron chi connectivity index (χ2n) is 6.10. The van der Waals surface area contributed by atoms with Crippen LogP contribution >= 0.6 is 0 Å². The number of nitrogens with one attached hydrogen (secondary N) is 1. The van der Waals surface area contributed by atoms with Crippen LogP contribution in [0.5, 0.6) is 0 Å². The second kappa shape index (κ2) is 8.41. The van der Waals surface area contributed by atoms with E-state index in [0.717, 1.165) is 4.90 Å². The van der Waals surface area contributed by atoms with E-state index in [-0.39, 0.29) is 43.9 Å². The Kier molecular flexibility index (Phi) is 6.26. The van der Waals surface area contributed by atoms with Crippen molar-refractivity contribution in [3.63, 3.8) is 0 Å². The Bertz CT molecular complexity index is 724. The average Bonchev–Trinajstić information content (AvgIpc) is 2.80. The van der Waals surface area contributed by atoms with E-state index in [4.69, 9.17) is 0 Å². The van der Waals surface area contributed by atoms with Gasteiger partial charge in [-0.1, -0.05) is 6.07 Å². The predicted octanol–water partition coefficient (Wildman–Crippen LogP) is 0.897. The molecular weight excluding hydrogens is 343 g/mol. The monoisotopic (exact) mass is 364 g/mol. The third-order valence-corrected chi connectivity index (χ3v) is 3.92. The van der Waals surface area contributed by atoms with Crippen LogP contribution in [-0.4, -0.2) is 72.2 Å². The first-order valence-electron chi connectivity index (χ1n) is 8.13. The number of carbonyl (C=O) groups is 4. The van der Waals surface area contributed by atoms with Gasteiger partial charge in [0.2, 0.25) is 17.7 Å². The Balaban J connectivity index is 1.74. The lowest BCUT2D eigenvalue weighted by atomic mass is 10.2. The number of anilines is 1. The number of carbonyl (C=O) groups excluding carboxylic acids is 4. The van der Waals surface area contributed by atoms with Crippen LogP contribution in [-0.2, 0) is 14.4 Å². The van der Waals surface area contributed by atoms with E-state index in [1.807, 2.05) is 0 Å². The summed E-state index contributed by atoms with van der Waals surface area (Å²) in [5.41, 5.74) is 0.311. The Morgan fingerprint density at radius 1 is 1.31 bits per heavy atom. The molecule has 0 spiro atoms. The van der Waals surface area contributed by atoms with Gasteiger partial charge in [0.15, 0.2) is 0 Å². The van der Waals surface area contributed by atoms with Crippen molar-refractivity contribution < 1.29 is 23.6 Å². The van der Waals surface area contributed by atoms with Gasteiger partial charge in [-0.15, -0.1) is 0 Å². The standard InChI is InChI=1S/C17H21FN4O4/c1-20(10-14(23)19-13-6-3-5-12(18)9-13)15(24)7-4-8-22-16(25)11-21(2)17(22)26/h3,5-6,9H,4,7-8,10-11H2,1-2H3,(H,19,23). The van der Waals surface area contributed by atoms with Crippen LogP contribution in [0.1, 0.15) is 12.8 Å². The molecule has 1 aliphatic rings. The molecule has 0 radical (unpaired) electrons. The number of benzene rings is 1. The molecule has 5 amide bonds. The Morgan fingerprint density at radius 2 is 2.04 bits per heavy atom. The van der Waals surface area contributed by atoms with Crippen molar-refractivity contribution in [3.8, 4) is 0 Å². The lowest BCUT2D eigenvalue weighted by molar-refractivity contribution is -0.133. The molecule has 2 rings (SSSR count). The summed E-state index contributed by atoms with van der Waals surface area (Å²) in [6.45, 7) is 0.0314. The van der Waals surface area contributed by atoms with E-state index in [1.54, 1.807) is 6.07 Å². The van der Waals surface area contributed by atoms with Crippen molar-refractivity contribution in [2.45, 2.75) is 12.8 Å². The number of hydrogen-bond donors (Lipinski definition) is 1. The van der Waals surface area contributed by atoms with E-state index in [1.165, 1.54) is 42.1 Å². The minimum Gasteiger partial charge on any atom is -0.336 e. The predicted molar refractivity (Wildman–Crippen MR) is 91.6 cm³/mol. The Hall–Kier alpha value is -2.97. The summed E-state index contributed by atoms with van der Waals surface area (Å²) in [4.78, 5) is 51.0. The minimum absolute atomic E-state index is 0.0485. The van der Waals surface area contributed by atoms with Gasteiger partial charge in [-0.25, -0.2) is 9.18 Å². The number of hydrogen-bond acceptors (Lipinski definition) is 4. The molecule has 1 saturated heterocycles. The number of rotatable bonds is 7. The maximum Gasteiger partial charge on any atom is 0.326 e. The largest absolute Gasteiger partial charge is 0.336 e. The van der Waals surface area contributed by atoms with E-state index < -0.39 is 11.7 Å². The zero-order valence-corrected chi connectivity index (χ0v) is 14.7. The SMILES string of the molecule is CN(CC(=O)Nc1cccc(F)c1)C(=O)CCCN1C(=O)CN(C)C1=O. The van der Waals surface area contributed by atoms with Crippen molar-refractivity contribution in [1.29, 1.82) is 0 Å². The quantitative estimate of drug-likeness (QED) is 0.728. The van der Waals surface area contributed by atoms with Crippen LogP contribution < -0.4 is 5.32 Å². The number of nitrogens with zero attached hydrogens (tertiary/aromatic N) is 3. The van der Waals surface area contributed by atoms with Crippen molar-refractivity contribution in [2.24, 2.45) is 0 Å². The van der Waals surface area contributed by atoms with Crippen molar-refractivity contribution in [1.82, 2.24) is 14.7 Å². The van der Waals surface area contributed by atoms with Crippen molar-refractivity contribution >= 4 is 29.4 Å². The lowest BCUT2D eigenvalue weighted by Crippen LogP contribution is -2.36. The van der Waals surface area contributed by atoms with Gasteiger partial charge in [0.1, 0.15) is 12.4 Å². The smallest absolute Gasteiger partial charge is 0.326 e. The van der Waals surface area contributed by atoms with Gasteiger partial charge in [0.05, 0.1) is 6.54 Å². The summed E-state index contributed by atoms with van der Waals surface area (Å²) in [6, 6.07) is 5.09. The zero-order valence-electron chi connectivity index (χ0n) is 14.7. The van der Waals surface area contributed by atoms with Gasteiger partial charge in [-0.05, 0) is 24.6 Å². The highest BCUT2D eigenvalue weighted by Gasteiger charge is 2.32. The molecule has 0 bridgehead atoms. The Labute approximate surface area is 150 Å². The molecule has 0 saturated carbocycles. The van der Waals surface area contributed by atoms with E-state index >= 15 is 0 Å². The molecule has 1 aromatic carbocycles. The van der Waals surface area contributed by atoms with Crippen LogP contribution in [0.2, 0.25) is 0 Å². The maximum absolute atomic E-state index is 13.1. The molecule has 1 aliphatic heterocycles. The fraction of sp³-hybridized carbons (Fsp3) is 0.412. The highest BCUT2D eigenvalue weighted by Crippen LogP contribution is 2.11. The molecular formula is C17H21FN4O4. The fourth-order valence-corrected chi connectivity index (χ4v) is 2.54. The summed E-state index contributed by atoms with van der Waals surface area (Å²) >= 11 is 0. The normalized spacial score (nSPS) is 14.0. The van der Waals surface area contributed by atoms with Gasteiger partial charge in [0, 0.05) is 32.7 Å². The molecule has 1 N–H and O–H groups in total. The van der Waals surface area contributed by atoms with Crippen molar-refractivity contribution in [3.05, 3.63) is 30.1 Å². The highest BCUT2D eigenvalue weighted by molar-refractivity contribution is 6.01. The topological polar surface area (TPSA) is 90.0 Å². The summed E-state index contributed by atoms with van der Waals surface area (Å²) < 4.78 is 13.1. The number of imide groups is 1. The van der Waals surface area contributed by atoms with E-state index in [2.05, 4.69) is 5.32 Å². The first-order chi connectivity index (χ1) is 12.3. The zero-order chi connectivity index (χ0) is 19.3. The van der Waals surface area contributed by atoms with Crippen LogP contribution in [0.4, 0.5) is 14.9 Å². The van der Waals surface area contributed by atoms with Gasteiger partial charge >= 0.3 is 6.03 Å². The van der Waals surface area contributed by atoms with Crippen LogP contribution in [0.3, 0.4) is 0 Å². The highest BCUT2D eigenvalue weighted by atomic mass is 19.1.